The van der Waals surface area contributed by atoms with Crippen molar-refractivity contribution in [2.75, 3.05) is 5.32 Å². The fraction of sp³-hybridized carbons (Fsp3) is 0.292. The van der Waals surface area contributed by atoms with Crippen molar-refractivity contribution in [1.29, 1.82) is 0 Å². The maximum atomic E-state index is 12.9. The van der Waals surface area contributed by atoms with Crippen LogP contribution in [0.1, 0.15) is 52.2 Å². The predicted molar refractivity (Wildman–Crippen MR) is 125 cm³/mol. The highest BCUT2D eigenvalue weighted by Crippen LogP contribution is 2.38. The number of hydrogen-bond donors (Lipinski definition) is 2. The molecule has 2 N–H and O–H groups in total. The zero-order valence-corrected chi connectivity index (χ0v) is 18.8. The molecule has 5 nitrogen and oxygen atoms in total. The van der Waals surface area contributed by atoms with Gasteiger partial charge in [-0.2, -0.15) is 0 Å². The molecular weight excluding hydrogens is 430 g/mol. The number of anilines is 1. The molecule has 0 spiro atoms. The first-order valence-corrected chi connectivity index (χ1v) is 11.6. The second-order valence-corrected chi connectivity index (χ2v) is 9.33. The van der Waals surface area contributed by atoms with Gasteiger partial charge in [0.1, 0.15) is 0 Å². The Kier molecular flexibility index (Phi) is 6.68. The molecule has 0 radical (unpaired) electrons. The number of rotatable bonds is 7. The van der Waals surface area contributed by atoms with Crippen LogP contribution in [0.4, 0.5) is 5.13 Å². The molecule has 7 heteroatoms. The van der Waals surface area contributed by atoms with Gasteiger partial charge in [-0.05, 0) is 62.4 Å². The normalized spacial score (nSPS) is 15.9. The maximum Gasteiger partial charge on any atom is 0.257 e. The van der Waals surface area contributed by atoms with Gasteiger partial charge in [-0.25, -0.2) is 4.98 Å². The van der Waals surface area contributed by atoms with E-state index in [0.717, 1.165) is 36.3 Å². The van der Waals surface area contributed by atoms with E-state index in [2.05, 4.69) is 27.8 Å². The summed E-state index contributed by atoms with van der Waals surface area (Å²) in [7, 11) is 0. The molecule has 160 valence electrons. The lowest BCUT2D eigenvalue weighted by molar-refractivity contribution is -0.123. The molecule has 0 fully saturated rings. The van der Waals surface area contributed by atoms with E-state index in [4.69, 9.17) is 11.6 Å². The summed E-state index contributed by atoms with van der Waals surface area (Å²) < 4.78 is 0. The summed E-state index contributed by atoms with van der Waals surface area (Å²) in [5.74, 6) is -0.480. The van der Waals surface area contributed by atoms with Gasteiger partial charge in [0.15, 0.2) is 5.13 Å². The van der Waals surface area contributed by atoms with Crippen molar-refractivity contribution in [3.05, 3.63) is 81.3 Å². The van der Waals surface area contributed by atoms with E-state index in [1.54, 1.807) is 24.3 Å². The molecule has 2 atom stereocenters. The Hall–Kier alpha value is -2.70. The number of thiazole rings is 1. The van der Waals surface area contributed by atoms with Crippen LogP contribution in [0.15, 0.2) is 54.6 Å². The monoisotopic (exact) mass is 453 g/mol. The van der Waals surface area contributed by atoms with Gasteiger partial charge in [-0.1, -0.05) is 41.9 Å². The van der Waals surface area contributed by atoms with Gasteiger partial charge in [0.05, 0.1) is 11.6 Å². The van der Waals surface area contributed by atoms with Crippen LogP contribution in [0, 0.1) is 0 Å². The molecule has 2 aromatic carbocycles. The number of carbonyl (C=O) groups excluding carboxylic acids is 2. The Bertz CT molecular complexity index is 1070. The van der Waals surface area contributed by atoms with E-state index in [9.17, 15) is 9.59 Å². The van der Waals surface area contributed by atoms with Gasteiger partial charge < -0.3 is 5.32 Å². The molecule has 1 aliphatic rings. The predicted octanol–water partition coefficient (Wildman–Crippen LogP) is 5.22. The molecule has 2 amide bonds. The van der Waals surface area contributed by atoms with Crippen molar-refractivity contribution in [1.82, 2.24) is 10.3 Å². The summed E-state index contributed by atoms with van der Waals surface area (Å²) in [6.45, 7) is 2.04. The Morgan fingerprint density at radius 1 is 1.16 bits per heavy atom. The third-order valence-electron chi connectivity index (χ3n) is 5.46. The fourth-order valence-electron chi connectivity index (χ4n) is 3.75. The molecule has 0 saturated carbocycles. The van der Waals surface area contributed by atoms with Crippen LogP contribution in [0.25, 0.3) is 0 Å². The Morgan fingerprint density at radius 2 is 1.90 bits per heavy atom. The molecule has 0 saturated heterocycles. The third kappa shape index (κ3) is 5.32. The van der Waals surface area contributed by atoms with E-state index >= 15 is 0 Å². The highest BCUT2D eigenvalue weighted by atomic mass is 35.5. The molecular formula is C24H24ClN3O2S. The van der Waals surface area contributed by atoms with Crippen LogP contribution >= 0.6 is 22.9 Å². The topological polar surface area (TPSA) is 71.1 Å². The smallest absolute Gasteiger partial charge is 0.257 e. The van der Waals surface area contributed by atoms with Crippen LogP contribution in [0.2, 0.25) is 5.02 Å². The van der Waals surface area contributed by atoms with Gasteiger partial charge in [-0.15, -0.1) is 11.3 Å². The van der Waals surface area contributed by atoms with E-state index in [0.29, 0.717) is 15.7 Å². The van der Waals surface area contributed by atoms with Crippen molar-refractivity contribution in [2.24, 2.45) is 0 Å². The molecule has 0 bridgehead atoms. The van der Waals surface area contributed by atoms with Crippen molar-refractivity contribution in [3.8, 4) is 0 Å². The van der Waals surface area contributed by atoms with E-state index < -0.39 is 0 Å². The lowest BCUT2D eigenvalue weighted by atomic mass is 10.0. The summed E-state index contributed by atoms with van der Waals surface area (Å²) in [6, 6.07) is 17.1. The first-order chi connectivity index (χ1) is 15.0. The summed E-state index contributed by atoms with van der Waals surface area (Å²) in [5, 5.41) is 7.09. The number of nitrogens with one attached hydrogen (secondary N) is 2. The molecule has 3 aromatic rings. The minimum atomic E-state index is -0.258. The lowest BCUT2D eigenvalue weighted by Crippen LogP contribution is -2.36. The van der Waals surface area contributed by atoms with E-state index in [-0.39, 0.29) is 23.8 Å². The molecule has 4 rings (SSSR count). The van der Waals surface area contributed by atoms with Crippen LogP contribution < -0.4 is 10.6 Å². The number of carbonyl (C=O) groups is 2. The average molecular weight is 454 g/mol. The number of benzene rings is 2. The molecule has 1 aromatic heterocycles. The van der Waals surface area contributed by atoms with Gasteiger partial charge in [0, 0.05) is 21.5 Å². The second kappa shape index (κ2) is 9.62. The van der Waals surface area contributed by atoms with Crippen molar-refractivity contribution >= 4 is 39.9 Å². The minimum absolute atomic E-state index is 0.0141. The quantitative estimate of drug-likeness (QED) is 0.515. The third-order valence-corrected chi connectivity index (χ3v) is 6.76. The Labute approximate surface area is 190 Å². The highest BCUT2D eigenvalue weighted by Gasteiger charge is 2.33. The minimum Gasteiger partial charge on any atom is -0.353 e. The molecule has 1 aliphatic carbocycles. The standard InChI is InChI=1S/C24H24ClN3O2S/c1-15(7-8-16-5-3-2-4-6-16)26-23(30)19-13-14-20-21(19)27-24(31-20)28-22(29)17-9-11-18(25)12-10-17/h2-6,9-12,15,19H,7-8,13-14H2,1H3,(H,26,30)(H,27,28,29). The zero-order valence-electron chi connectivity index (χ0n) is 17.2. The van der Waals surface area contributed by atoms with Crippen molar-refractivity contribution in [2.45, 2.75) is 44.6 Å². The Balaban J connectivity index is 1.34. The van der Waals surface area contributed by atoms with Gasteiger partial charge in [0.25, 0.3) is 5.91 Å². The second-order valence-electron chi connectivity index (χ2n) is 7.81. The number of aryl methyl sites for hydroxylation is 2. The maximum absolute atomic E-state index is 12.9. The van der Waals surface area contributed by atoms with Crippen LogP contribution in [0.5, 0.6) is 0 Å². The first-order valence-electron chi connectivity index (χ1n) is 10.4. The number of hydrogen-bond acceptors (Lipinski definition) is 4. The number of nitrogens with zero attached hydrogens (tertiary/aromatic N) is 1. The van der Waals surface area contributed by atoms with Crippen LogP contribution in [-0.2, 0) is 17.6 Å². The van der Waals surface area contributed by atoms with Crippen LogP contribution in [0.3, 0.4) is 0 Å². The molecule has 2 unspecified atom stereocenters. The largest absolute Gasteiger partial charge is 0.353 e. The Morgan fingerprint density at radius 3 is 2.65 bits per heavy atom. The molecule has 31 heavy (non-hydrogen) atoms. The summed E-state index contributed by atoms with van der Waals surface area (Å²) in [5.41, 5.74) is 2.58. The van der Waals surface area contributed by atoms with Gasteiger partial charge >= 0.3 is 0 Å². The molecule has 1 heterocycles. The van der Waals surface area contributed by atoms with Crippen LogP contribution in [-0.4, -0.2) is 22.8 Å². The van der Waals surface area contributed by atoms with Gasteiger partial charge in [-0.3, -0.25) is 14.9 Å². The number of fused-ring (bicyclic) bond motifs is 1. The summed E-state index contributed by atoms with van der Waals surface area (Å²) in [4.78, 5) is 31.0. The number of aromatic nitrogens is 1. The highest BCUT2D eigenvalue weighted by molar-refractivity contribution is 7.16. The van der Waals surface area contributed by atoms with E-state index in [1.807, 2.05) is 25.1 Å². The average Bonchev–Trinajstić information content (AvgIpc) is 3.33. The van der Waals surface area contributed by atoms with Crippen molar-refractivity contribution < 1.29 is 9.59 Å². The van der Waals surface area contributed by atoms with Crippen molar-refractivity contribution in [3.63, 3.8) is 0 Å². The number of halogens is 1. The van der Waals surface area contributed by atoms with E-state index in [1.165, 1.54) is 16.9 Å². The SMILES string of the molecule is CC(CCc1ccccc1)NC(=O)C1CCc2sc(NC(=O)c3ccc(Cl)cc3)nc21. The zero-order chi connectivity index (χ0) is 21.8. The molecule has 0 aliphatic heterocycles. The summed E-state index contributed by atoms with van der Waals surface area (Å²) in [6.07, 6.45) is 3.38. The number of amides is 2. The first kappa shape index (κ1) is 21.5. The lowest BCUT2D eigenvalue weighted by Gasteiger charge is -2.17. The fourth-order valence-corrected chi connectivity index (χ4v) is 4.91. The summed E-state index contributed by atoms with van der Waals surface area (Å²) >= 11 is 7.33. The van der Waals surface area contributed by atoms with Gasteiger partial charge in [0.2, 0.25) is 5.91 Å².